The number of benzene rings is 1. The van der Waals surface area contributed by atoms with E-state index in [-0.39, 0.29) is 30.5 Å². The Morgan fingerprint density at radius 3 is 2.65 bits per heavy atom. The zero-order valence-electron chi connectivity index (χ0n) is 18.8. The summed E-state index contributed by atoms with van der Waals surface area (Å²) < 4.78 is 5.98. The van der Waals surface area contributed by atoms with E-state index in [0.29, 0.717) is 25.3 Å². The van der Waals surface area contributed by atoms with Gasteiger partial charge in [-0.25, -0.2) is 0 Å². The van der Waals surface area contributed by atoms with E-state index in [9.17, 15) is 9.90 Å². The Morgan fingerprint density at radius 1 is 1.26 bits per heavy atom. The third-order valence-corrected chi connectivity index (χ3v) is 5.51. The molecule has 31 heavy (non-hydrogen) atoms. The molecule has 8 nitrogen and oxygen atoms in total. The highest BCUT2D eigenvalue weighted by Crippen LogP contribution is 2.31. The smallest absolute Gasteiger partial charge is 0.243 e. The Bertz CT molecular complexity index is 872. The van der Waals surface area contributed by atoms with Crippen LogP contribution in [0.5, 0.6) is 5.75 Å². The molecule has 3 rings (SSSR count). The van der Waals surface area contributed by atoms with Gasteiger partial charge >= 0.3 is 0 Å². The van der Waals surface area contributed by atoms with Gasteiger partial charge in [-0.2, -0.15) is 10.2 Å². The van der Waals surface area contributed by atoms with Crippen LogP contribution >= 0.6 is 0 Å². The highest BCUT2D eigenvalue weighted by molar-refractivity contribution is 5.86. The van der Waals surface area contributed by atoms with E-state index in [4.69, 9.17) is 4.74 Å². The van der Waals surface area contributed by atoms with Crippen molar-refractivity contribution in [2.45, 2.75) is 52.4 Å². The van der Waals surface area contributed by atoms with E-state index < -0.39 is 0 Å². The van der Waals surface area contributed by atoms with Gasteiger partial charge in [-0.15, -0.1) is 0 Å². The molecule has 8 heteroatoms. The van der Waals surface area contributed by atoms with Gasteiger partial charge in [0.25, 0.3) is 0 Å². The summed E-state index contributed by atoms with van der Waals surface area (Å²) in [5, 5.41) is 24.4. The van der Waals surface area contributed by atoms with E-state index in [2.05, 4.69) is 27.8 Å². The number of aromatic nitrogens is 2. The molecule has 1 aliphatic heterocycles. The van der Waals surface area contributed by atoms with Crippen LogP contribution in [0.3, 0.4) is 0 Å². The predicted molar refractivity (Wildman–Crippen MR) is 120 cm³/mol. The normalized spacial score (nSPS) is 18.9. The second kappa shape index (κ2) is 10.5. The van der Waals surface area contributed by atoms with Crippen molar-refractivity contribution in [3.05, 3.63) is 47.3 Å². The minimum Gasteiger partial charge on any atom is -0.487 e. The number of carbonyl (C=O) groups is 1. The molecular formula is C23H33N5O3. The number of ether oxygens (including phenoxy) is 1. The van der Waals surface area contributed by atoms with Gasteiger partial charge in [0.15, 0.2) is 0 Å². The minimum absolute atomic E-state index is 0.0681. The standard InChI is InChI=1S/C23H33N5O3/c1-5-24-12-17-7-8-18(27-26-17)14-31-20-9-6-16-10-19(13-29)25-23(30)22(15(2)3)28(4)21(16)11-20/h6-9,11,15,19,22,24,29H,5,10,12-14H2,1-4H3,(H,25,30)/t19-,22-/m1/s1. The van der Waals surface area contributed by atoms with E-state index in [1.165, 1.54) is 0 Å². The van der Waals surface area contributed by atoms with Crippen LogP contribution in [0.25, 0.3) is 0 Å². The zero-order valence-corrected chi connectivity index (χ0v) is 18.8. The second-order valence-electron chi connectivity index (χ2n) is 8.27. The van der Waals surface area contributed by atoms with Gasteiger partial charge in [-0.3, -0.25) is 4.79 Å². The summed E-state index contributed by atoms with van der Waals surface area (Å²) in [4.78, 5) is 14.8. The predicted octanol–water partition coefficient (Wildman–Crippen LogP) is 1.66. The van der Waals surface area contributed by atoms with Crippen molar-refractivity contribution < 1.29 is 14.6 Å². The second-order valence-corrected chi connectivity index (χ2v) is 8.27. The molecule has 1 aromatic carbocycles. The van der Waals surface area contributed by atoms with Gasteiger partial charge in [0.1, 0.15) is 24.1 Å². The average Bonchev–Trinajstić information content (AvgIpc) is 2.76. The van der Waals surface area contributed by atoms with E-state index in [0.717, 1.165) is 29.2 Å². The molecule has 2 atom stereocenters. The molecule has 0 radical (unpaired) electrons. The largest absolute Gasteiger partial charge is 0.487 e. The number of likely N-dealkylation sites (N-methyl/N-ethyl adjacent to an activating group) is 1. The summed E-state index contributed by atoms with van der Waals surface area (Å²) in [5.74, 6) is 0.741. The lowest BCUT2D eigenvalue weighted by atomic mass is 9.95. The molecular weight excluding hydrogens is 394 g/mol. The van der Waals surface area contributed by atoms with Crippen LogP contribution in [-0.4, -0.2) is 53.5 Å². The number of hydrogen-bond donors (Lipinski definition) is 3. The summed E-state index contributed by atoms with van der Waals surface area (Å²) >= 11 is 0. The number of nitrogens with zero attached hydrogens (tertiary/aromatic N) is 3. The molecule has 0 bridgehead atoms. The minimum atomic E-state index is -0.335. The first-order valence-electron chi connectivity index (χ1n) is 10.8. The maximum absolute atomic E-state index is 12.8. The average molecular weight is 428 g/mol. The van der Waals surface area contributed by atoms with Gasteiger partial charge in [-0.1, -0.05) is 26.8 Å². The fraction of sp³-hybridized carbons (Fsp3) is 0.522. The molecule has 1 amide bonds. The third kappa shape index (κ3) is 5.71. The lowest BCUT2D eigenvalue weighted by Crippen LogP contribution is -2.54. The summed E-state index contributed by atoms with van der Waals surface area (Å²) in [6.45, 7) is 7.89. The number of amides is 1. The van der Waals surface area contributed by atoms with E-state index >= 15 is 0 Å². The molecule has 1 aliphatic rings. The first-order chi connectivity index (χ1) is 14.9. The molecule has 0 fully saturated rings. The quantitative estimate of drug-likeness (QED) is 0.589. The number of rotatable bonds is 8. The van der Waals surface area contributed by atoms with Crippen LogP contribution in [-0.2, 0) is 24.4 Å². The summed E-state index contributed by atoms with van der Waals surface area (Å²) in [6.07, 6.45) is 0.561. The van der Waals surface area contributed by atoms with Crippen molar-refractivity contribution >= 4 is 11.6 Å². The number of anilines is 1. The maximum Gasteiger partial charge on any atom is 0.243 e. The number of fused-ring (bicyclic) bond motifs is 1. The molecule has 0 unspecified atom stereocenters. The first-order valence-corrected chi connectivity index (χ1v) is 10.8. The van der Waals surface area contributed by atoms with Crippen molar-refractivity contribution in [2.75, 3.05) is 25.1 Å². The van der Waals surface area contributed by atoms with Crippen molar-refractivity contribution in [1.82, 2.24) is 20.8 Å². The van der Waals surface area contributed by atoms with E-state index in [1.54, 1.807) is 0 Å². The third-order valence-electron chi connectivity index (χ3n) is 5.51. The van der Waals surface area contributed by atoms with Crippen LogP contribution in [0.4, 0.5) is 5.69 Å². The van der Waals surface area contributed by atoms with Gasteiger partial charge in [0.05, 0.1) is 18.3 Å². The number of hydrogen-bond acceptors (Lipinski definition) is 7. The lowest BCUT2D eigenvalue weighted by Gasteiger charge is -2.37. The fourth-order valence-corrected chi connectivity index (χ4v) is 3.89. The molecule has 0 aliphatic carbocycles. The van der Waals surface area contributed by atoms with Gasteiger partial charge < -0.3 is 25.4 Å². The fourth-order valence-electron chi connectivity index (χ4n) is 3.89. The molecule has 2 aromatic rings. The SMILES string of the molecule is CCNCc1ccc(COc2ccc3c(c2)N(C)[C@H](C(C)C)C(=O)N[C@@H](CO)C3)nn1. The van der Waals surface area contributed by atoms with Crippen LogP contribution < -0.4 is 20.3 Å². The Labute approximate surface area is 184 Å². The number of carbonyl (C=O) groups excluding carboxylic acids is 1. The van der Waals surface area contributed by atoms with Crippen molar-refractivity contribution in [3.8, 4) is 5.75 Å². The highest BCUT2D eigenvalue weighted by Gasteiger charge is 2.32. The summed E-state index contributed by atoms with van der Waals surface area (Å²) in [5.41, 5.74) is 3.65. The lowest BCUT2D eigenvalue weighted by molar-refractivity contribution is -0.124. The Morgan fingerprint density at radius 2 is 2.00 bits per heavy atom. The number of aliphatic hydroxyl groups is 1. The Balaban J connectivity index is 1.78. The molecule has 3 N–H and O–H groups in total. The summed E-state index contributed by atoms with van der Waals surface area (Å²) in [7, 11) is 1.93. The highest BCUT2D eigenvalue weighted by atomic mass is 16.5. The Hall–Kier alpha value is -2.71. The first kappa shape index (κ1) is 23.0. The molecule has 0 saturated heterocycles. The van der Waals surface area contributed by atoms with Crippen molar-refractivity contribution in [1.29, 1.82) is 0 Å². The molecule has 0 saturated carbocycles. The molecule has 2 heterocycles. The molecule has 1 aromatic heterocycles. The van der Waals surface area contributed by atoms with Gasteiger partial charge in [0, 0.05) is 25.3 Å². The number of aliphatic hydroxyl groups excluding tert-OH is 1. The van der Waals surface area contributed by atoms with Crippen molar-refractivity contribution in [2.24, 2.45) is 5.92 Å². The van der Waals surface area contributed by atoms with Gasteiger partial charge in [-0.05, 0) is 42.6 Å². The van der Waals surface area contributed by atoms with Gasteiger partial charge in [0.2, 0.25) is 5.91 Å². The monoisotopic (exact) mass is 427 g/mol. The molecule has 168 valence electrons. The Kier molecular flexibility index (Phi) is 7.81. The van der Waals surface area contributed by atoms with Crippen LogP contribution in [0.1, 0.15) is 37.7 Å². The van der Waals surface area contributed by atoms with Crippen molar-refractivity contribution in [3.63, 3.8) is 0 Å². The summed E-state index contributed by atoms with van der Waals surface area (Å²) in [6, 6.07) is 9.12. The van der Waals surface area contributed by atoms with Crippen LogP contribution in [0.15, 0.2) is 30.3 Å². The zero-order chi connectivity index (χ0) is 22.4. The van der Waals surface area contributed by atoms with Crippen LogP contribution in [0, 0.1) is 5.92 Å². The van der Waals surface area contributed by atoms with Crippen LogP contribution in [0.2, 0.25) is 0 Å². The molecule has 0 spiro atoms. The topological polar surface area (TPSA) is 99.6 Å². The maximum atomic E-state index is 12.8. The van der Waals surface area contributed by atoms with E-state index in [1.807, 2.05) is 56.1 Å². The number of nitrogens with one attached hydrogen (secondary N) is 2.